The zero-order chi connectivity index (χ0) is 26.7. The molecule has 4 rings (SSSR count). The fraction of sp³-hybridized carbons (Fsp3) is 0.259. The van der Waals surface area contributed by atoms with Crippen molar-refractivity contribution in [3.8, 4) is 11.5 Å². The summed E-state index contributed by atoms with van der Waals surface area (Å²) in [4.78, 5) is 43.3. The van der Waals surface area contributed by atoms with Gasteiger partial charge < -0.3 is 19.9 Å². The van der Waals surface area contributed by atoms with E-state index in [-0.39, 0.29) is 24.0 Å². The number of allylic oxidation sites excluding steroid dienone is 1. The number of rotatable bonds is 8. The molecule has 1 aliphatic rings. The van der Waals surface area contributed by atoms with Gasteiger partial charge in [-0.15, -0.1) is 0 Å². The minimum absolute atomic E-state index is 0.284. The number of thiazole rings is 1. The normalized spacial score (nSPS) is 15.3. The number of carbonyl (C=O) groups is 2. The predicted octanol–water partition coefficient (Wildman–Crippen LogP) is 2.06. The number of methoxy groups -OCH3 is 1. The molecule has 9 nitrogen and oxygen atoms in total. The molecule has 10 heteroatoms. The monoisotopic (exact) mass is 521 g/mol. The van der Waals surface area contributed by atoms with E-state index in [0.29, 0.717) is 31.9 Å². The lowest BCUT2D eigenvalue weighted by atomic mass is 9.96. The summed E-state index contributed by atoms with van der Waals surface area (Å²) in [7, 11) is 1.48. The molecule has 1 atom stereocenters. The number of primary amides is 1. The van der Waals surface area contributed by atoms with Crippen LogP contribution in [0.4, 0.5) is 0 Å². The number of hydrogen-bond acceptors (Lipinski definition) is 8. The summed E-state index contributed by atoms with van der Waals surface area (Å²) in [6.07, 6.45) is 1.32. The van der Waals surface area contributed by atoms with Gasteiger partial charge in [-0.3, -0.25) is 14.2 Å². The summed E-state index contributed by atoms with van der Waals surface area (Å²) in [6.45, 7) is 4.93. The van der Waals surface area contributed by atoms with Crippen molar-refractivity contribution in [3.63, 3.8) is 0 Å². The van der Waals surface area contributed by atoms with Crippen LogP contribution < -0.4 is 30.1 Å². The Balaban J connectivity index is 1.92. The first-order valence-electron chi connectivity index (χ1n) is 11.6. The van der Waals surface area contributed by atoms with Gasteiger partial charge in [0.2, 0.25) is 0 Å². The van der Waals surface area contributed by atoms with Crippen molar-refractivity contribution < 1.29 is 23.8 Å². The molecular weight excluding hydrogens is 494 g/mol. The van der Waals surface area contributed by atoms with Crippen LogP contribution in [0.25, 0.3) is 6.08 Å². The third-order valence-corrected chi connectivity index (χ3v) is 6.56. The van der Waals surface area contributed by atoms with Gasteiger partial charge >= 0.3 is 5.97 Å². The Morgan fingerprint density at radius 3 is 2.54 bits per heavy atom. The van der Waals surface area contributed by atoms with Crippen LogP contribution in [0.3, 0.4) is 0 Å². The number of esters is 1. The van der Waals surface area contributed by atoms with E-state index in [0.717, 1.165) is 5.56 Å². The number of aromatic nitrogens is 1. The van der Waals surface area contributed by atoms with Gasteiger partial charge in [-0.25, -0.2) is 9.79 Å². The standard InChI is InChI=1S/C27H27N3O6S/c1-15(2)36-26(33)22-16(3)29-27-30(23(22)17-9-6-5-7-10-17)25(32)20(37-27)13-18-11-8-12-19(34-4)24(18)35-14-21(28)31/h5-13,15,23H,14H2,1-4H3,(H2,28,31). The molecule has 0 fully saturated rings. The van der Waals surface area contributed by atoms with Crippen LogP contribution in [-0.2, 0) is 14.3 Å². The lowest BCUT2D eigenvalue weighted by molar-refractivity contribution is -0.143. The summed E-state index contributed by atoms with van der Waals surface area (Å²) in [5.74, 6) is -0.490. The third kappa shape index (κ3) is 5.34. The third-order valence-electron chi connectivity index (χ3n) is 5.57. The Kier molecular flexibility index (Phi) is 7.58. The van der Waals surface area contributed by atoms with E-state index in [4.69, 9.17) is 19.9 Å². The van der Waals surface area contributed by atoms with Crippen molar-refractivity contribution in [1.29, 1.82) is 0 Å². The Bertz CT molecular complexity index is 1550. The Labute approximate surface area is 217 Å². The highest BCUT2D eigenvalue weighted by Crippen LogP contribution is 2.32. The van der Waals surface area contributed by atoms with Crippen LogP contribution in [0.15, 0.2) is 69.6 Å². The molecule has 37 heavy (non-hydrogen) atoms. The summed E-state index contributed by atoms with van der Waals surface area (Å²) in [5.41, 5.74) is 7.00. The lowest BCUT2D eigenvalue weighted by Gasteiger charge is -2.25. The Morgan fingerprint density at radius 2 is 1.89 bits per heavy atom. The number of para-hydroxylation sites is 1. The number of carbonyl (C=O) groups excluding carboxylic acids is 2. The van der Waals surface area contributed by atoms with E-state index in [1.54, 1.807) is 45.0 Å². The molecular formula is C27H27N3O6S. The summed E-state index contributed by atoms with van der Waals surface area (Å²) in [5, 5.41) is 0. The van der Waals surface area contributed by atoms with Gasteiger partial charge in [0.15, 0.2) is 22.9 Å². The molecule has 192 valence electrons. The van der Waals surface area contributed by atoms with E-state index in [1.807, 2.05) is 30.3 Å². The predicted molar refractivity (Wildman–Crippen MR) is 139 cm³/mol. The zero-order valence-electron chi connectivity index (χ0n) is 20.9. The molecule has 0 spiro atoms. The number of nitrogens with zero attached hydrogens (tertiary/aromatic N) is 2. The largest absolute Gasteiger partial charge is 0.493 e. The first kappa shape index (κ1) is 25.9. The van der Waals surface area contributed by atoms with Crippen LogP contribution in [0.1, 0.15) is 37.9 Å². The van der Waals surface area contributed by atoms with Crippen LogP contribution in [0.5, 0.6) is 11.5 Å². The molecule has 0 radical (unpaired) electrons. The average molecular weight is 522 g/mol. The van der Waals surface area contributed by atoms with Gasteiger partial charge in [0.1, 0.15) is 0 Å². The van der Waals surface area contributed by atoms with Crippen molar-refractivity contribution in [2.75, 3.05) is 13.7 Å². The van der Waals surface area contributed by atoms with E-state index in [9.17, 15) is 14.4 Å². The summed E-state index contributed by atoms with van der Waals surface area (Å²) < 4.78 is 18.4. The summed E-state index contributed by atoms with van der Waals surface area (Å²) >= 11 is 1.19. The number of fused-ring (bicyclic) bond motifs is 1. The summed E-state index contributed by atoms with van der Waals surface area (Å²) in [6, 6.07) is 13.8. The second-order valence-electron chi connectivity index (χ2n) is 8.58. The number of amides is 1. The lowest BCUT2D eigenvalue weighted by Crippen LogP contribution is -2.40. The second kappa shape index (κ2) is 10.8. The van der Waals surface area contributed by atoms with Crippen molar-refractivity contribution in [2.24, 2.45) is 10.7 Å². The van der Waals surface area contributed by atoms with Crippen LogP contribution in [0, 0.1) is 0 Å². The van der Waals surface area contributed by atoms with E-state index < -0.39 is 17.9 Å². The highest BCUT2D eigenvalue weighted by molar-refractivity contribution is 7.07. The highest BCUT2D eigenvalue weighted by Gasteiger charge is 2.33. The maximum Gasteiger partial charge on any atom is 0.338 e. The van der Waals surface area contributed by atoms with Gasteiger partial charge in [-0.1, -0.05) is 53.8 Å². The molecule has 2 N–H and O–H groups in total. The molecule has 3 aromatic rings. The molecule has 1 unspecified atom stereocenters. The minimum atomic E-state index is -0.707. The molecule has 0 saturated heterocycles. The van der Waals surface area contributed by atoms with Gasteiger partial charge in [0.05, 0.1) is 35.1 Å². The highest BCUT2D eigenvalue weighted by atomic mass is 32.1. The fourth-order valence-electron chi connectivity index (χ4n) is 4.06. The molecule has 1 aliphatic heterocycles. The van der Waals surface area contributed by atoms with Crippen LogP contribution in [-0.4, -0.2) is 36.3 Å². The molecule has 2 heterocycles. The molecule has 0 bridgehead atoms. The van der Waals surface area contributed by atoms with Crippen molar-refractivity contribution in [1.82, 2.24) is 4.57 Å². The maximum absolute atomic E-state index is 13.8. The van der Waals surface area contributed by atoms with Crippen molar-refractivity contribution >= 4 is 29.3 Å². The van der Waals surface area contributed by atoms with E-state index in [1.165, 1.54) is 23.0 Å². The SMILES string of the molecule is COc1cccc(C=c2sc3n(c2=O)C(c2ccccc2)C(C(=O)OC(C)C)=C(C)N=3)c1OCC(N)=O. The molecule has 1 aromatic heterocycles. The quantitative estimate of drug-likeness (QED) is 0.453. The van der Waals surface area contributed by atoms with Crippen molar-refractivity contribution in [2.45, 2.75) is 32.9 Å². The molecule has 0 saturated carbocycles. The number of hydrogen-bond donors (Lipinski definition) is 1. The van der Waals surface area contributed by atoms with Crippen LogP contribution >= 0.6 is 11.3 Å². The zero-order valence-corrected chi connectivity index (χ0v) is 21.7. The van der Waals surface area contributed by atoms with Crippen LogP contribution in [0.2, 0.25) is 0 Å². The van der Waals surface area contributed by atoms with Crippen molar-refractivity contribution in [3.05, 3.63) is 90.6 Å². The molecule has 1 amide bonds. The average Bonchev–Trinajstić information content (AvgIpc) is 3.16. The van der Waals surface area contributed by atoms with E-state index >= 15 is 0 Å². The first-order chi connectivity index (χ1) is 17.7. The second-order valence-corrected chi connectivity index (χ2v) is 9.59. The van der Waals surface area contributed by atoms with Gasteiger partial charge in [-0.05, 0) is 38.5 Å². The van der Waals surface area contributed by atoms with E-state index in [2.05, 4.69) is 4.99 Å². The number of benzene rings is 2. The van der Waals surface area contributed by atoms with Gasteiger partial charge in [0.25, 0.3) is 11.5 Å². The number of nitrogens with two attached hydrogens (primary N) is 1. The fourth-order valence-corrected chi connectivity index (χ4v) is 5.09. The van der Waals surface area contributed by atoms with Gasteiger partial charge in [0, 0.05) is 5.56 Å². The minimum Gasteiger partial charge on any atom is -0.493 e. The Hall–Kier alpha value is -4.18. The molecule has 2 aromatic carbocycles. The van der Waals surface area contributed by atoms with Gasteiger partial charge in [-0.2, -0.15) is 0 Å². The topological polar surface area (TPSA) is 122 Å². The maximum atomic E-state index is 13.8. The first-order valence-corrected chi connectivity index (χ1v) is 12.4. The molecule has 0 aliphatic carbocycles. The Morgan fingerprint density at radius 1 is 1.16 bits per heavy atom. The number of ether oxygens (including phenoxy) is 3. The smallest absolute Gasteiger partial charge is 0.338 e.